The fourth-order valence-corrected chi connectivity index (χ4v) is 2.43. The molecule has 1 aromatic heterocycles. The predicted molar refractivity (Wildman–Crippen MR) is 92.7 cm³/mol. The molecule has 116 valence electrons. The summed E-state index contributed by atoms with van der Waals surface area (Å²) in [6, 6.07) is 14.8. The van der Waals surface area contributed by atoms with Crippen LogP contribution in [0.25, 0.3) is 11.3 Å². The third-order valence-electron chi connectivity index (χ3n) is 3.36. The maximum Gasteiger partial charge on any atom is 0.259 e. The molecule has 0 saturated carbocycles. The van der Waals surface area contributed by atoms with Crippen molar-refractivity contribution in [3.8, 4) is 17.0 Å². The molecule has 0 unspecified atom stereocenters. The fourth-order valence-electron chi connectivity index (χ4n) is 2.17. The van der Waals surface area contributed by atoms with E-state index in [4.69, 9.17) is 4.74 Å². The minimum Gasteiger partial charge on any atom is -0.497 e. The highest BCUT2D eigenvalue weighted by Crippen LogP contribution is 2.24. The van der Waals surface area contributed by atoms with E-state index >= 15 is 0 Å². The van der Waals surface area contributed by atoms with E-state index in [1.165, 1.54) is 6.20 Å². The molecule has 0 aliphatic heterocycles. The molecule has 0 bridgehead atoms. The first-order valence-corrected chi connectivity index (χ1v) is 7.71. The maximum atomic E-state index is 12.5. The molecule has 6 heteroatoms. The maximum absolute atomic E-state index is 12.5. The van der Waals surface area contributed by atoms with Crippen molar-refractivity contribution in [2.75, 3.05) is 12.4 Å². The summed E-state index contributed by atoms with van der Waals surface area (Å²) < 4.78 is 6.10. The Morgan fingerprint density at radius 1 is 1.13 bits per heavy atom. The van der Waals surface area contributed by atoms with Gasteiger partial charge in [-0.2, -0.15) is 5.10 Å². The zero-order valence-corrected chi connectivity index (χ0v) is 13.9. The van der Waals surface area contributed by atoms with Crippen LogP contribution in [0.15, 0.2) is 59.2 Å². The van der Waals surface area contributed by atoms with Crippen LogP contribution >= 0.6 is 15.9 Å². The Morgan fingerprint density at radius 2 is 1.83 bits per heavy atom. The minimum atomic E-state index is -0.216. The van der Waals surface area contributed by atoms with Gasteiger partial charge < -0.3 is 10.1 Å². The Bertz CT molecular complexity index is 811. The number of carbonyl (C=O) groups excluding carboxylic acids is 1. The Hall–Kier alpha value is -2.60. The average Bonchev–Trinajstić information content (AvgIpc) is 3.07. The first kappa shape index (κ1) is 15.3. The molecular formula is C17H14BrN3O2. The number of rotatable bonds is 4. The normalized spacial score (nSPS) is 10.3. The van der Waals surface area contributed by atoms with Crippen LogP contribution in [0.4, 0.5) is 5.69 Å². The number of hydrogen-bond donors (Lipinski definition) is 2. The lowest BCUT2D eigenvalue weighted by atomic mass is 10.1. The second-order valence-electron chi connectivity index (χ2n) is 4.85. The molecular weight excluding hydrogens is 358 g/mol. The van der Waals surface area contributed by atoms with Gasteiger partial charge in [0.2, 0.25) is 0 Å². The monoisotopic (exact) mass is 371 g/mol. The third-order valence-corrected chi connectivity index (χ3v) is 3.89. The number of benzene rings is 2. The zero-order chi connectivity index (χ0) is 16.2. The number of nitrogens with one attached hydrogen (secondary N) is 2. The van der Waals surface area contributed by atoms with Crippen molar-refractivity contribution in [1.29, 1.82) is 0 Å². The van der Waals surface area contributed by atoms with Crippen molar-refractivity contribution in [3.63, 3.8) is 0 Å². The molecule has 1 amide bonds. The van der Waals surface area contributed by atoms with E-state index < -0.39 is 0 Å². The van der Waals surface area contributed by atoms with Crippen molar-refractivity contribution in [2.45, 2.75) is 0 Å². The first-order chi connectivity index (χ1) is 11.2. The van der Waals surface area contributed by atoms with Crippen LogP contribution in [-0.4, -0.2) is 23.2 Å². The molecule has 3 aromatic rings. The summed E-state index contributed by atoms with van der Waals surface area (Å²) in [7, 11) is 1.61. The highest BCUT2D eigenvalue weighted by molar-refractivity contribution is 9.10. The van der Waals surface area contributed by atoms with Gasteiger partial charge in [-0.15, -0.1) is 0 Å². The summed E-state index contributed by atoms with van der Waals surface area (Å²) in [4.78, 5) is 12.5. The van der Waals surface area contributed by atoms with Crippen molar-refractivity contribution in [1.82, 2.24) is 10.2 Å². The number of ether oxygens (including phenoxy) is 1. The van der Waals surface area contributed by atoms with E-state index in [2.05, 4.69) is 31.4 Å². The van der Waals surface area contributed by atoms with E-state index in [0.717, 1.165) is 21.5 Å². The molecule has 2 aromatic carbocycles. The zero-order valence-electron chi connectivity index (χ0n) is 12.3. The molecule has 0 spiro atoms. The third kappa shape index (κ3) is 3.43. The van der Waals surface area contributed by atoms with Gasteiger partial charge >= 0.3 is 0 Å². The van der Waals surface area contributed by atoms with E-state index in [1.54, 1.807) is 7.11 Å². The summed E-state index contributed by atoms with van der Waals surface area (Å²) in [5, 5.41) is 9.73. The van der Waals surface area contributed by atoms with E-state index in [9.17, 15) is 4.79 Å². The van der Waals surface area contributed by atoms with Crippen molar-refractivity contribution < 1.29 is 9.53 Å². The molecule has 1 heterocycles. The molecule has 0 aliphatic rings. The van der Waals surface area contributed by atoms with Gasteiger partial charge in [0.15, 0.2) is 0 Å². The highest BCUT2D eigenvalue weighted by atomic mass is 79.9. The van der Waals surface area contributed by atoms with E-state index in [-0.39, 0.29) is 5.91 Å². The largest absolute Gasteiger partial charge is 0.497 e. The van der Waals surface area contributed by atoms with Crippen LogP contribution in [0, 0.1) is 0 Å². The van der Waals surface area contributed by atoms with Gasteiger partial charge in [0.05, 0.1) is 24.6 Å². The van der Waals surface area contributed by atoms with Crippen molar-refractivity contribution in [3.05, 3.63) is 64.8 Å². The van der Waals surface area contributed by atoms with Crippen LogP contribution in [0.3, 0.4) is 0 Å². The lowest BCUT2D eigenvalue weighted by molar-refractivity contribution is 0.102. The molecule has 0 fully saturated rings. The van der Waals surface area contributed by atoms with Gasteiger partial charge in [-0.1, -0.05) is 15.9 Å². The number of hydrogen-bond acceptors (Lipinski definition) is 3. The summed E-state index contributed by atoms with van der Waals surface area (Å²) in [5.41, 5.74) is 2.74. The Kier molecular flexibility index (Phi) is 4.43. The molecule has 0 atom stereocenters. The lowest BCUT2D eigenvalue weighted by Crippen LogP contribution is -2.12. The number of H-pyrrole nitrogens is 1. The molecule has 0 radical (unpaired) electrons. The lowest BCUT2D eigenvalue weighted by Gasteiger charge is -2.07. The Labute approximate surface area is 141 Å². The summed E-state index contributed by atoms with van der Waals surface area (Å²) >= 11 is 3.37. The number of amides is 1. The highest BCUT2D eigenvalue weighted by Gasteiger charge is 2.15. The topological polar surface area (TPSA) is 67.0 Å². The number of nitrogens with zero attached hydrogens (tertiary/aromatic N) is 1. The predicted octanol–water partition coefficient (Wildman–Crippen LogP) is 4.10. The molecule has 5 nitrogen and oxygen atoms in total. The Balaban J connectivity index is 1.84. The van der Waals surface area contributed by atoms with Gasteiger partial charge in [0, 0.05) is 15.7 Å². The van der Waals surface area contributed by atoms with Gasteiger partial charge in [-0.3, -0.25) is 9.89 Å². The molecule has 23 heavy (non-hydrogen) atoms. The SMILES string of the molecule is COc1ccc(-c2[nH]ncc2C(=O)Nc2ccc(Br)cc2)cc1. The van der Waals surface area contributed by atoms with E-state index in [0.29, 0.717) is 11.3 Å². The quantitative estimate of drug-likeness (QED) is 0.725. The number of aromatic nitrogens is 2. The number of aromatic amines is 1. The van der Waals surface area contributed by atoms with Gasteiger partial charge in [-0.25, -0.2) is 0 Å². The molecule has 0 aliphatic carbocycles. The van der Waals surface area contributed by atoms with Crippen LogP contribution in [-0.2, 0) is 0 Å². The number of halogens is 1. The van der Waals surface area contributed by atoms with Crippen LogP contribution in [0.1, 0.15) is 10.4 Å². The average molecular weight is 372 g/mol. The summed E-state index contributed by atoms with van der Waals surface area (Å²) in [6.07, 6.45) is 1.52. The smallest absolute Gasteiger partial charge is 0.259 e. The molecule has 3 rings (SSSR count). The second kappa shape index (κ2) is 6.66. The number of carbonyl (C=O) groups is 1. The standard InChI is InChI=1S/C17H14BrN3O2/c1-23-14-8-2-11(3-9-14)16-15(10-19-21-16)17(22)20-13-6-4-12(18)5-7-13/h2-10H,1H3,(H,19,21)(H,20,22). The number of methoxy groups -OCH3 is 1. The van der Waals surface area contributed by atoms with Crippen molar-refractivity contribution in [2.24, 2.45) is 0 Å². The van der Waals surface area contributed by atoms with Crippen LogP contribution < -0.4 is 10.1 Å². The van der Waals surface area contributed by atoms with Crippen molar-refractivity contribution >= 4 is 27.5 Å². The Morgan fingerprint density at radius 3 is 2.48 bits per heavy atom. The molecule has 0 saturated heterocycles. The minimum absolute atomic E-state index is 0.216. The summed E-state index contributed by atoms with van der Waals surface area (Å²) in [6.45, 7) is 0. The fraction of sp³-hybridized carbons (Fsp3) is 0.0588. The van der Waals surface area contributed by atoms with Gasteiger partial charge in [0.25, 0.3) is 5.91 Å². The van der Waals surface area contributed by atoms with Crippen LogP contribution in [0.5, 0.6) is 5.75 Å². The second-order valence-corrected chi connectivity index (χ2v) is 5.76. The molecule has 2 N–H and O–H groups in total. The number of anilines is 1. The van der Waals surface area contributed by atoms with Gasteiger partial charge in [0.1, 0.15) is 5.75 Å². The van der Waals surface area contributed by atoms with Gasteiger partial charge in [-0.05, 0) is 48.5 Å². The summed E-state index contributed by atoms with van der Waals surface area (Å²) in [5.74, 6) is 0.543. The van der Waals surface area contributed by atoms with E-state index in [1.807, 2.05) is 48.5 Å². The van der Waals surface area contributed by atoms with Crippen LogP contribution in [0.2, 0.25) is 0 Å². The first-order valence-electron chi connectivity index (χ1n) is 6.92.